The van der Waals surface area contributed by atoms with Crippen LogP contribution in [0.2, 0.25) is 0 Å². The maximum atomic E-state index is 11.4. The van der Waals surface area contributed by atoms with Gasteiger partial charge in [0.1, 0.15) is 5.75 Å². The van der Waals surface area contributed by atoms with Crippen molar-refractivity contribution in [3.8, 4) is 5.75 Å². The van der Waals surface area contributed by atoms with Crippen molar-refractivity contribution in [2.45, 2.75) is 39.7 Å². The Kier molecular flexibility index (Phi) is 5.55. The van der Waals surface area contributed by atoms with Crippen LogP contribution in [0, 0.1) is 6.92 Å². The van der Waals surface area contributed by atoms with Crippen LogP contribution in [-0.4, -0.2) is 24.6 Å². The number of benzene rings is 1. The molecule has 0 heterocycles. The van der Waals surface area contributed by atoms with E-state index in [4.69, 9.17) is 15.2 Å². The zero-order valence-electron chi connectivity index (χ0n) is 12.3. The number of amides is 1. The number of esters is 1. The summed E-state index contributed by atoms with van der Waals surface area (Å²) in [5, 5.41) is 0. The second-order valence-electron chi connectivity index (χ2n) is 5.00. The van der Waals surface area contributed by atoms with Crippen LogP contribution in [0.15, 0.2) is 18.2 Å². The number of primary amides is 1. The third-order valence-electron chi connectivity index (χ3n) is 2.93. The molecule has 5 nitrogen and oxygen atoms in total. The zero-order valence-corrected chi connectivity index (χ0v) is 12.3. The highest BCUT2D eigenvalue weighted by atomic mass is 16.6. The molecule has 0 aromatic heterocycles. The molecule has 0 saturated carbocycles. The number of aryl methyl sites for hydroxylation is 1. The molecular formula is C15H21NO4. The van der Waals surface area contributed by atoms with E-state index in [-0.39, 0.29) is 6.61 Å². The summed E-state index contributed by atoms with van der Waals surface area (Å²) in [4.78, 5) is 22.2. The number of ether oxygens (including phenoxy) is 2. The van der Waals surface area contributed by atoms with Crippen LogP contribution >= 0.6 is 0 Å². The number of carbonyl (C=O) groups excluding carboxylic acids is 2. The van der Waals surface area contributed by atoms with Gasteiger partial charge < -0.3 is 15.2 Å². The lowest BCUT2D eigenvalue weighted by atomic mass is 9.98. The first kappa shape index (κ1) is 16.0. The van der Waals surface area contributed by atoms with Crippen molar-refractivity contribution in [1.82, 2.24) is 0 Å². The fourth-order valence-electron chi connectivity index (χ4n) is 1.82. The molecule has 20 heavy (non-hydrogen) atoms. The summed E-state index contributed by atoms with van der Waals surface area (Å²) in [6.45, 7) is 7.40. The minimum Gasteiger partial charge on any atom is -0.482 e. The lowest BCUT2D eigenvalue weighted by molar-refractivity contribution is -0.155. The second kappa shape index (κ2) is 6.93. The average molecular weight is 279 g/mol. The summed E-state index contributed by atoms with van der Waals surface area (Å²) in [6, 6.07) is 5.67. The maximum absolute atomic E-state index is 11.4. The first-order valence-electron chi connectivity index (χ1n) is 6.53. The number of rotatable bonds is 6. The summed E-state index contributed by atoms with van der Waals surface area (Å²) in [6.07, 6.45) is -0.948. The molecule has 0 fully saturated rings. The van der Waals surface area contributed by atoms with Crippen molar-refractivity contribution in [3.05, 3.63) is 29.3 Å². The molecular weight excluding hydrogens is 258 g/mol. The third-order valence-corrected chi connectivity index (χ3v) is 2.93. The van der Waals surface area contributed by atoms with Crippen LogP contribution in [0.5, 0.6) is 5.75 Å². The molecule has 1 atom stereocenters. The summed E-state index contributed by atoms with van der Waals surface area (Å²) in [5.74, 6) is -0.279. The van der Waals surface area contributed by atoms with Crippen molar-refractivity contribution in [2.75, 3.05) is 6.61 Å². The van der Waals surface area contributed by atoms with E-state index in [1.807, 2.05) is 25.1 Å². The Morgan fingerprint density at radius 3 is 2.40 bits per heavy atom. The van der Waals surface area contributed by atoms with Crippen LogP contribution in [0.1, 0.15) is 37.8 Å². The van der Waals surface area contributed by atoms with Crippen molar-refractivity contribution in [2.24, 2.45) is 5.73 Å². The highest BCUT2D eigenvalue weighted by molar-refractivity contribution is 5.82. The van der Waals surface area contributed by atoms with Crippen molar-refractivity contribution < 1.29 is 19.1 Å². The van der Waals surface area contributed by atoms with Gasteiger partial charge in [0.15, 0.2) is 12.7 Å². The number of nitrogens with two attached hydrogens (primary N) is 1. The molecule has 0 aliphatic rings. The summed E-state index contributed by atoms with van der Waals surface area (Å²) < 4.78 is 10.1. The van der Waals surface area contributed by atoms with Crippen LogP contribution in [0.25, 0.3) is 0 Å². The van der Waals surface area contributed by atoms with Crippen molar-refractivity contribution in [3.63, 3.8) is 0 Å². The van der Waals surface area contributed by atoms with E-state index in [2.05, 4.69) is 13.8 Å². The minimum atomic E-state index is -0.948. The Labute approximate surface area is 119 Å². The Morgan fingerprint density at radius 2 is 1.90 bits per heavy atom. The molecule has 0 radical (unpaired) electrons. The fourth-order valence-corrected chi connectivity index (χ4v) is 1.82. The first-order valence-corrected chi connectivity index (χ1v) is 6.53. The van der Waals surface area contributed by atoms with Gasteiger partial charge in [-0.05, 0) is 43.0 Å². The van der Waals surface area contributed by atoms with E-state index in [1.165, 1.54) is 12.5 Å². The lowest BCUT2D eigenvalue weighted by Crippen LogP contribution is -2.32. The third kappa shape index (κ3) is 4.57. The van der Waals surface area contributed by atoms with Crippen LogP contribution in [0.3, 0.4) is 0 Å². The monoisotopic (exact) mass is 279 g/mol. The summed E-state index contributed by atoms with van der Waals surface area (Å²) >= 11 is 0. The van der Waals surface area contributed by atoms with E-state index in [0.717, 1.165) is 5.56 Å². The molecule has 1 aromatic carbocycles. The Bertz CT molecular complexity index is 497. The average Bonchev–Trinajstić information content (AvgIpc) is 2.35. The smallest absolute Gasteiger partial charge is 0.344 e. The molecule has 0 aliphatic heterocycles. The van der Waals surface area contributed by atoms with Gasteiger partial charge in [-0.1, -0.05) is 19.9 Å². The lowest BCUT2D eigenvalue weighted by Gasteiger charge is -2.13. The molecule has 0 bridgehead atoms. The predicted molar refractivity (Wildman–Crippen MR) is 75.5 cm³/mol. The molecule has 1 aromatic rings. The van der Waals surface area contributed by atoms with Crippen LogP contribution in [-0.2, 0) is 14.3 Å². The highest BCUT2D eigenvalue weighted by Crippen LogP contribution is 2.23. The van der Waals surface area contributed by atoms with Gasteiger partial charge in [0.25, 0.3) is 5.91 Å². The van der Waals surface area contributed by atoms with Gasteiger partial charge >= 0.3 is 5.97 Å². The van der Waals surface area contributed by atoms with E-state index >= 15 is 0 Å². The number of hydrogen-bond donors (Lipinski definition) is 1. The quantitative estimate of drug-likeness (QED) is 0.807. The molecule has 0 saturated heterocycles. The standard InChI is InChI=1S/C15H21NO4/c1-9(2)13-6-5-12(7-10(13)3)19-8-14(17)20-11(4)15(16)18/h5-7,9,11H,8H2,1-4H3,(H2,16,18)/t11-/m0/s1. The molecule has 2 N–H and O–H groups in total. The van der Waals surface area contributed by atoms with Gasteiger partial charge in [-0.3, -0.25) is 4.79 Å². The topological polar surface area (TPSA) is 78.6 Å². The Hall–Kier alpha value is -2.04. The van der Waals surface area contributed by atoms with Gasteiger partial charge in [-0.2, -0.15) is 0 Å². The number of hydrogen-bond acceptors (Lipinski definition) is 4. The molecule has 0 spiro atoms. The minimum absolute atomic E-state index is 0.252. The maximum Gasteiger partial charge on any atom is 0.344 e. The molecule has 5 heteroatoms. The second-order valence-corrected chi connectivity index (χ2v) is 5.00. The summed E-state index contributed by atoms with van der Waals surface area (Å²) in [7, 11) is 0. The van der Waals surface area contributed by atoms with Gasteiger partial charge in [0, 0.05) is 0 Å². The van der Waals surface area contributed by atoms with E-state index in [1.54, 1.807) is 0 Å². The van der Waals surface area contributed by atoms with E-state index < -0.39 is 18.0 Å². The van der Waals surface area contributed by atoms with Gasteiger partial charge in [-0.15, -0.1) is 0 Å². The molecule has 0 unspecified atom stereocenters. The van der Waals surface area contributed by atoms with E-state index in [9.17, 15) is 9.59 Å². The SMILES string of the molecule is Cc1cc(OCC(=O)O[C@@H](C)C(N)=O)ccc1C(C)C. The van der Waals surface area contributed by atoms with Crippen LogP contribution < -0.4 is 10.5 Å². The van der Waals surface area contributed by atoms with Crippen molar-refractivity contribution in [1.29, 1.82) is 0 Å². The van der Waals surface area contributed by atoms with Crippen molar-refractivity contribution >= 4 is 11.9 Å². The Balaban J connectivity index is 2.56. The normalized spacial score (nSPS) is 12.1. The largest absolute Gasteiger partial charge is 0.482 e. The summed E-state index contributed by atoms with van der Waals surface area (Å²) in [5.41, 5.74) is 7.35. The Morgan fingerprint density at radius 1 is 1.25 bits per heavy atom. The van der Waals surface area contributed by atoms with Gasteiger partial charge in [0.2, 0.25) is 0 Å². The first-order chi connectivity index (χ1) is 9.31. The molecule has 0 aliphatic carbocycles. The molecule has 1 rings (SSSR count). The van der Waals surface area contributed by atoms with Gasteiger partial charge in [-0.25, -0.2) is 4.79 Å². The number of carbonyl (C=O) groups is 2. The fraction of sp³-hybridized carbons (Fsp3) is 0.467. The van der Waals surface area contributed by atoms with Gasteiger partial charge in [0.05, 0.1) is 0 Å². The zero-order chi connectivity index (χ0) is 15.3. The molecule has 110 valence electrons. The van der Waals surface area contributed by atoms with E-state index in [0.29, 0.717) is 11.7 Å². The predicted octanol–water partition coefficient (Wildman–Crippen LogP) is 1.91. The highest BCUT2D eigenvalue weighted by Gasteiger charge is 2.15. The van der Waals surface area contributed by atoms with Crippen LogP contribution in [0.4, 0.5) is 0 Å². The molecule has 1 amide bonds.